The SMILES string of the molecule is Cc1cccc(C2=CCN(C(=O)Cc3nc4ncccn4n3)CC2)c1. The van der Waals surface area contributed by atoms with Crippen molar-refractivity contribution in [2.24, 2.45) is 0 Å². The molecule has 126 valence electrons. The fourth-order valence-electron chi connectivity index (χ4n) is 3.10. The van der Waals surface area contributed by atoms with Gasteiger partial charge in [0.15, 0.2) is 5.82 Å². The van der Waals surface area contributed by atoms with Crippen LogP contribution in [-0.2, 0) is 11.2 Å². The molecule has 1 aliphatic rings. The van der Waals surface area contributed by atoms with Crippen LogP contribution in [0.5, 0.6) is 0 Å². The lowest BCUT2D eigenvalue weighted by atomic mass is 9.98. The Bertz CT molecular complexity index is 926. The molecule has 3 heterocycles. The van der Waals surface area contributed by atoms with Crippen LogP contribution < -0.4 is 0 Å². The molecule has 0 unspecified atom stereocenters. The van der Waals surface area contributed by atoms with Gasteiger partial charge in [-0.05, 0) is 30.5 Å². The van der Waals surface area contributed by atoms with E-state index >= 15 is 0 Å². The number of hydrogen-bond donors (Lipinski definition) is 0. The van der Waals surface area contributed by atoms with E-state index in [1.54, 1.807) is 23.0 Å². The molecule has 0 radical (unpaired) electrons. The summed E-state index contributed by atoms with van der Waals surface area (Å²) in [5, 5.41) is 4.30. The quantitative estimate of drug-likeness (QED) is 0.738. The number of aromatic nitrogens is 4. The van der Waals surface area contributed by atoms with E-state index in [1.807, 2.05) is 4.90 Å². The largest absolute Gasteiger partial charge is 0.338 e. The number of carbonyl (C=O) groups excluding carboxylic acids is 1. The van der Waals surface area contributed by atoms with E-state index in [1.165, 1.54) is 16.7 Å². The van der Waals surface area contributed by atoms with Crippen molar-refractivity contribution >= 4 is 17.3 Å². The molecule has 6 heteroatoms. The summed E-state index contributed by atoms with van der Waals surface area (Å²) in [5.41, 5.74) is 3.81. The zero-order chi connectivity index (χ0) is 17.2. The Morgan fingerprint density at radius 1 is 1.28 bits per heavy atom. The van der Waals surface area contributed by atoms with E-state index in [-0.39, 0.29) is 12.3 Å². The normalized spacial score (nSPS) is 14.6. The molecule has 0 N–H and O–H groups in total. The van der Waals surface area contributed by atoms with Gasteiger partial charge in [0.2, 0.25) is 5.91 Å². The Labute approximate surface area is 145 Å². The number of rotatable bonds is 3. The molecule has 0 fully saturated rings. The number of benzene rings is 1. The van der Waals surface area contributed by atoms with E-state index in [2.05, 4.69) is 52.3 Å². The Kier molecular flexibility index (Phi) is 4.01. The van der Waals surface area contributed by atoms with Crippen LogP contribution in [0.25, 0.3) is 11.4 Å². The van der Waals surface area contributed by atoms with Crippen LogP contribution in [0.2, 0.25) is 0 Å². The first-order valence-electron chi connectivity index (χ1n) is 8.39. The molecule has 1 aromatic carbocycles. The molecule has 0 bridgehead atoms. The Hall–Kier alpha value is -3.02. The number of fused-ring (bicyclic) bond motifs is 1. The highest BCUT2D eigenvalue weighted by atomic mass is 16.2. The standard InChI is InChI=1S/C19H19N5O/c1-14-4-2-5-16(12-14)15-6-10-23(11-7-15)18(25)13-17-21-19-20-8-3-9-24(19)22-17/h2-6,8-9,12H,7,10-11,13H2,1H3. The fraction of sp³-hybridized carbons (Fsp3) is 0.263. The lowest BCUT2D eigenvalue weighted by Crippen LogP contribution is -2.35. The second-order valence-corrected chi connectivity index (χ2v) is 6.26. The van der Waals surface area contributed by atoms with Gasteiger partial charge in [0.05, 0.1) is 6.42 Å². The van der Waals surface area contributed by atoms with Crippen molar-refractivity contribution in [3.63, 3.8) is 0 Å². The molecule has 0 atom stereocenters. The van der Waals surface area contributed by atoms with E-state index in [9.17, 15) is 4.79 Å². The van der Waals surface area contributed by atoms with Crippen molar-refractivity contribution in [3.8, 4) is 0 Å². The first-order chi connectivity index (χ1) is 12.2. The maximum absolute atomic E-state index is 12.5. The van der Waals surface area contributed by atoms with Crippen LogP contribution >= 0.6 is 0 Å². The van der Waals surface area contributed by atoms with Crippen LogP contribution in [0.4, 0.5) is 0 Å². The third-order valence-corrected chi connectivity index (χ3v) is 4.42. The Balaban J connectivity index is 1.44. The monoisotopic (exact) mass is 333 g/mol. The minimum absolute atomic E-state index is 0.0513. The summed E-state index contributed by atoms with van der Waals surface area (Å²) in [6.45, 7) is 3.46. The molecular formula is C19H19N5O. The highest BCUT2D eigenvalue weighted by Gasteiger charge is 2.20. The smallest absolute Gasteiger partial charge is 0.252 e. The minimum atomic E-state index is 0.0513. The van der Waals surface area contributed by atoms with E-state index < -0.39 is 0 Å². The van der Waals surface area contributed by atoms with Crippen LogP contribution in [0, 0.1) is 6.92 Å². The molecule has 1 amide bonds. The molecule has 0 saturated carbocycles. The van der Waals surface area contributed by atoms with Gasteiger partial charge in [-0.2, -0.15) is 4.98 Å². The Morgan fingerprint density at radius 2 is 2.20 bits per heavy atom. The van der Waals surface area contributed by atoms with E-state index in [4.69, 9.17) is 0 Å². The average Bonchev–Trinajstić information content (AvgIpc) is 3.04. The first-order valence-corrected chi connectivity index (χ1v) is 8.39. The summed E-state index contributed by atoms with van der Waals surface area (Å²) in [5.74, 6) is 1.08. The summed E-state index contributed by atoms with van der Waals surface area (Å²) in [6.07, 6.45) is 6.67. The molecule has 0 aliphatic carbocycles. The average molecular weight is 333 g/mol. The topological polar surface area (TPSA) is 63.4 Å². The van der Waals surface area contributed by atoms with Crippen molar-refractivity contribution in [2.75, 3.05) is 13.1 Å². The van der Waals surface area contributed by atoms with Gasteiger partial charge in [-0.3, -0.25) is 4.79 Å². The highest BCUT2D eigenvalue weighted by molar-refractivity contribution is 5.80. The number of aryl methyl sites for hydroxylation is 1. The van der Waals surface area contributed by atoms with Gasteiger partial charge in [0, 0.05) is 25.5 Å². The molecule has 1 aliphatic heterocycles. The molecule has 0 spiro atoms. The van der Waals surface area contributed by atoms with Crippen molar-refractivity contribution in [2.45, 2.75) is 19.8 Å². The van der Waals surface area contributed by atoms with E-state index in [0.29, 0.717) is 18.1 Å². The lowest BCUT2D eigenvalue weighted by Gasteiger charge is -2.26. The summed E-state index contributed by atoms with van der Waals surface area (Å²) < 4.78 is 1.59. The third-order valence-electron chi connectivity index (χ3n) is 4.42. The lowest BCUT2D eigenvalue weighted by molar-refractivity contribution is -0.130. The number of nitrogens with zero attached hydrogens (tertiary/aromatic N) is 5. The molecule has 0 saturated heterocycles. The van der Waals surface area contributed by atoms with Crippen molar-refractivity contribution in [1.82, 2.24) is 24.5 Å². The van der Waals surface area contributed by atoms with Gasteiger partial charge in [0.25, 0.3) is 5.78 Å². The van der Waals surface area contributed by atoms with Gasteiger partial charge in [-0.15, -0.1) is 5.10 Å². The molecule has 4 rings (SSSR count). The molecular weight excluding hydrogens is 314 g/mol. The zero-order valence-corrected chi connectivity index (χ0v) is 14.1. The predicted molar refractivity (Wildman–Crippen MR) is 94.8 cm³/mol. The van der Waals surface area contributed by atoms with Crippen molar-refractivity contribution < 1.29 is 4.79 Å². The minimum Gasteiger partial charge on any atom is -0.338 e. The maximum atomic E-state index is 12.5. The first kappa shape index (κ1) is 15.5. The van der Waals surface area contributed by atoms with Crippen LogP contribution in [0.15, 0.2) is 48.8 Å². The van der Waals surface area contributed by atoms with Crippen LogP contribution in [0.3, 0.4) is 0 Å². The third kappa shape index (κ3) is 3.28. The maximum Gasteiger partial charge on any atom is 0.252 e. The Morgan fingerprint density at radius 3 is 2.96 bits per heavy atom. The summed E-state index contributed by atoms with van der Waals surface area (Å²) >= 11 is 0. The number of hydrogen-bond acceptors (Lipinski definition) is 4. The highest BCUT2D eigenvalue weighted by Crippen LogP contribution is 2.23. The molecule has 6 nitrogen and oxygen atoms in total. The molecule has 25 heavy (non-hydrogen) atoms. The zero-order valence-electron chi connectivity index (χ0n) is 14.1. The van der Waals surface area contributed by atoms with Crippen LogP contribution in [0.1, 0.15) is 23.4 Å². The number of carbonyl (C=O) groups is 1. The van der Waals surface area contributed by atoms with Gasteiger partial charge >= 0.3 is 0 Å². The molecule has 3 aromatic rings. The number of amides is 1. The summed E-state index contributed by atoms with van der Waals surface area (Å²) in [4.78, 5) is 22.8. The second-order valence-electron chi connectivity index (χ2n) is 6.26. The van der Waals surface area contributed by atoms with E-state index in [0.717, 1.165) is 13.0 Å². The molecule has 2 aromatic heterocycles. The predicted octanol–water partition coefficient (Wildman–Crippen LogP) is 2.29. The van der Waals surface area contributed by atoms with Crippen molar-refractivity contribution in [1.29, 1.82) is 0 Å². The summed E-state index contributed by atoms with van der Waals surface area (Å²) in [6, 6.07) is 10.3. The van der Waals surface area contributed by atoms with Gasteiger partial charge in [0.1, 0.15) is 0 Å². The van der Waals surface area contributed by atoms with Gasteiger partial charge < -0.3 is 4.90 Å². The van der Waals surface area contributed by atoms with Crippen LogP contribution in [-0.4, -0.2) is 43.5 Å². The fourth-order valence-corrected chi connectivity index (χ4v) is 3.10. The van der Waals surface area contributed by atoms with Gasteiger partial charge in [-0.25, -0.2) is 9.50 Å². The summed E-state index contributed by atoms with van der Waals surface area (Å²) in [7, 11) is 0. The second kappa shape index (κ2) is 6.47. The van der Waals surface area contributed by atoms with Crippen molar-refractivity contribution in [3.05, 3.63) is 65.8 Å². The van der Waals surface area contributed by atoms with Gasteiger partial charge in [-0.1, -0.05) is 35.9 Å².